The predicted molar refractivity (Wildman–Crippen MR) is 301 cm³/mol. The van der Waals surface area contributed by atoms with Gasteiger partial charge in [0.1, 0.15) is 67.1 Å². The molecule has 3 fully saturated rings. The van der Waals surface area contributed by atoms with Crippen LogP contribution in [0.1, 0.15) is 207 Å². The smallest absolute Gasteiger partial charge is 0.364 e. The van der Waals surface area contributed by atoms with E-state index in [0.29, 0.717) is 19.3 Å². The molecular formula is C59H108N2O21. The quantitative estimate of drug-likeness (QED) is 0.0307. The minimum absolute atomic E-state index is 0.219. The zero-order valence-electron chi connectivity index (χ0n) is 49.3. The van der Waals surface area contributed by atoms with Crippen LogP contribution in [-0.4, -0.2) is 215 Å². The number of hydrogen-bond donors (Lipinski definition) is 14. The van der Waals surface area contributed by atoms with E-state index in [1.807, 2.05) is 0 Å². The summed E-state index contributed by atoms with van der Waals surface area (Å²) >= 11 is 0. The number of aliphatic carboxylic acids is 1. The molecule has 18 unspecified atom stereocenters. The highest BCUT2D eigenvalue weighted by Crippen LogP contribution is 2.38. The van der Waals surface area contributed by atoms with Crippen molar-refractivity contribution in [3.8, 4) is 0 Å². The molecule has 3 heterocycles. The first kappa shape index (κ1) is 73.7. The van der Waals surface area contributed by atoms with E-state index in [9.17, 15) is 75.7 Å². The summed E-state index contributed by atoms with van der Waals surface area (Å²) in [6, 6.07) is -2.53. The maximum Gasteiger partial charge on any atom is 0.364 e. The Labute approximate surface area is 486 Å². The highest BCUT2D eigenvalue weighted by molar-refractivity contribution is 5.77. The van der Waals surface area contributed by atoms with Crippen LogP contribution in [0.5, 0.6) is 0 Å². The molecule has 18 atom stereocenters. The van der Waals surface area contributed by atoms with Gasteiger partial charge in [0.15, 0.2) is 12.6 Å². The fourth-order valence-corrected chi connectivity index (χ4v) is 10.9. The summed E-state index contributed by atoms with van der Waals surface area (Å²) in [5.74, 6) is -6.11. The number of hydrogen-bond acceptors (Lipinski definition) is 20. The van der Waals surface area contributed by atoms with Gasteiger partial charge in [0.05, 0.1) is 50.7 Å². The van der Waals surface area contributed by atoms with Crippen LogP contribution >= 0.6 is 0 Å². The Hall–Kier alpha value is -2.53. The van der Waals surface area contributed by atoms with Crippen LogP contribution in [0.4, 0.5) is 0 Å². The van der Waals surface area contributed by atoms with Crippen molar-refractivity contribution in [1.29, 1.82) is 0 Å². The predicted octanol–water partition coefficient (Wildman–Crippen LogP) is 3.17. The molecule has 0 spiro atoms. The lowest BCUT2D eigenvalue weighted by Crippen LogP contribution is -2.70. The highest BCUT2D eigenvalue weighted by Gasteiger charge is 2.60. The Kier molecular flexibility index (Phi) is 37.4. The summed E-state index contributed by atoms with van der Waals surface area (Å²) in [6.45, 7) is 2.15. The number of carbonyl (C=O) groups excluding carboxylic acids is 2. The van der Waals surface area contributed by atoms with Gasteiger partial charge < -0.3 is 100 Å². The zero-order chi connectivity index (χ0) is 60.5. The summed E-state index contributed by atoms with van der Waals surface area (Å²) in [7, 11) is 0. The van der Waals surface area contributed by atoms with E-state index in [1.54, 1.807) is 0 Å². The summed E-state index contributed by atoms with van der Waals surface area (Å²) in [4.78, 5) is 38.4. The fourth-order valence-electron chi connectivity index (χ4n) is 10.9. The number of amides is 2. The number of nitrogens with one attached hydrogen (secondary N) is 2. The molecule has 14 N–H and O–H groups in total. The first-order valence-corrected chi connectivity index (χ1v) is 31.0. The first-order valence-electron chi connectivity index (χ1n) is 31.0. The van der Waals surface area contributed by atoms with Crippen molar-refractivity contribution in [1.82, 2.24) is 10.6 Å². The third-order valence-corrected chi connectivity index (χ3v) is 16.0. The van der Waals surface area contributed by atoms with Crippen LogP contribution < -0.4 is 10.6 Å². The van der Waals surface area contributed by atoms with Gasteiger partial charge in [0.2, 0.25) is 11.8 Å². The number of allylic oxidation sites excluding steroid dienone is 2. The number of aliphatic hydroxyl groups is 11. The zero-order valence-corrected chi connectivity index (χ0v) is 49.3. The van der Waals surface area contributed by atoms with Crippen molar-refractivity contribution < 1.29 is 104 Å². The molecule has 3 aliphatic rings. The largest absolute Gasteiger partial charge is 0.477 e. The first-order chi connectivity index (χ1) is 39.4. The second-order valence-electron chi connectivity index (χ2n) is 22.9. The molecule has 0 bridgehead atoms. The van der Waals surface area contributed by atoms with Crippen molar-refractivity contribution >= 4 is 17.8 Å². The maximum atomic E-state index is 13.4. The second kappa shape index (κ2) is 41.5. The average molecular weight is 1180 g/mol. The summed E-state index contributed by atoms with van der Waals surface area (Å²) in [6.07, 6.45) is 5.19. The van der Waals surface area contributed by atoms with E-state index in [0.717, 1.165) is 84.0 Å². The molecule has 0 aromatic rings. The molecule has 23 nitrogen and oxygen atoms in total. The average Bonchev–Trinajstić information content (AvgIpc) is 3.03. The lowest BCUT2D eigenvalue weighted by Gasteiger charge is -2.50. The SMILES string of the molecule is CCCCCC/C=C\CCCCCCCCCC(=O)NC(COC1OC(CO)C(OC2OC(CO)C(O)C(OC3(C(=O)O)CC(O)C(NC(C)=O)C(C(O)C(O)CO)O3)C2O)C(O)C1O)C(O)CCCCCCCCCCCCCCC. The van der Waals surface area contributed by atoms with Gasteiger partial charge in [-0.25, -0.2) is 4.79 Å². The van der Waals surface area contributed by atoms with E-state index in [1.165, 1.54) is 77.0 Å². The summed E-state index contributed by atoms with van der Waals surface area (Å²) in [5, 5.41) is 136. The number of carbonyl (C=O) groups is 3. The van der Waals surface area contributed by atoms with Crippen LogP contribution in [0.15, 0.2) is 12.2 Å². The molecule has 82 heavy (non-hydrogen) atoms. The lowest BCUT2D eigenvalue weighted by molar-refractivity contribution is -0.386. The van der Waals surface area contributed by atoms with Crippen molar-refractivity contribution in [2.24, 2.45) is 0 Å². The third kappa shape index (κ3) is 25.4. The number of rotatable bonds is 45. The molecule has 0 aliphatic carbocycles. The van der Waals surface area contributed by atoms with Gasteiger partial charge in [0, 0.05) is 19.8 Å². The molecule has 23 heteroatoms. The van der Waals surface area contributed by atoms with Gasteiger partial charge in [-0.1, -0.05) is 161 Å². The van der Waals surface area contributed by atoms with Gasteiger partial charge in [0.25, 0.3) is 5.79 Å². The minimum Gasteiger partial charge on any atom is -0.477 e. The molecule has 480 valence electrons. The molecular weight excluding hydrogens is 1070 g/mol. The third-order valence-electron chi connectivity index (χ3n) is 16.0. The number of carboxylic acids is 1. The van der Waals surface area contributed by atoms with E-state index < -0.39 is 148 Å². The molecule has 0 saturated carbocycles. The van der Waals surface area contributed by atoms with Crippen LogP contribution in [0.25, 0.3) is 0 Å². The molecule has 3 rings (SSSR count). The second-order valence-corrected chi connectivity index (χ2v) is 22.9. The maximum absolute atomic E-state index is 13.4. The molecule has 0 radical (unpaired) electrons. The Morgan fingerprint density at radius 3 is 1.66 bits per heavy atom. The van der Waals surface area contributed by atoms with Gasteiger partial charge in [-0.2, -0.15) is 0 Å². The monoisotopic (exact) mass is 1180 g/mol. The Balaban J connectivity index is 1.66. The van der Waals surface area contributed by atoms with E-state index in [-0.39, 0.29) is 18.9 Å². The Bertz CT molecular complexity index is 1740. The van der Waals surface area contributed by atoms with Crippen molar-refractivity contribution in [3.05, 3.63) is 12.2 Å². The Morgan fingerprint density at radius 2 is 1.13 bits per heavy atom. The van der Waals surface area contributed by atoms with Gasteiger partial charge in [-0.15, -0.1) is 0 Å². The number of ether oxygens (including phenoxy) is 6. The van der Waals surface area contributed by atoms with E-state index in [2.05, 4.69) is 36.6 Å². The van der Waals surface area contributed by atoms with Gasteiger partial charge in [-0.3, -0.25) is 9.59 Å². The van der Waals surface area contributed by atoms with Gasteiger partial charge >= 0.3 is 5.97 Å². The normalized spacial score (nSPS) is 30.2. The van der Waals surface area contributed by atoms with Crippen molar-refractivity contribution in [2.45, 2.75) is 317 Å². The highest BCUT2D eigenvalue weighted by atomic mass is 16.8. The van der Waals surface area contributed by atoms with E-state index in [4.69, 9.17) is 28.4 Å². The lowest BCUT2D eigenvalue weighted by atomic mass is 9.88. The topological polar surface area (TPSA) is 373 Å². The van der Waals surface area contributed by atoms with Crippen LogP contribution in [0, 0.1) is 0 Å². The fraction of sp³-hybridized carbons (Fsp3) is 0.915. The standard InChI is InChI=1S/C59H108N2O21/c1-4-6-8-10-12-14-16-18-19-21-23-25-27-29-31-33-46(69)61-40(41(66)32-30-28-26-24-22-20-17-15-13-11-9-7-5-2)38-77-56-51(73)50(72)53(45(37-64)79-56)80-57-52(74)55(49(71)44(36-63)78-57)82-59(58(75)76)34-42(67)47(60-39(3)65)54(81-59)48(70)43(68)35-62/h14,16,40-45,47-57,62-64,66-68,70-74H,4-13,15,17-38H2,1-3H3,(H,60,65)(H,61,69)(H,75,76)/b16-14-. The molecule has 3 aliphatic heterocycles. The summed E-state index contributed by atoms with van der Waals surface area (Å²) in [5.41, 5.74) is 0. The number of aliphatic hydroxyl groups excluding tert-OH is 11. The van der Waals surface area contributed by atoms with Crippen molar-refractivity contribution in [2.75, 3.05) is 26.4 Å². The molecule has 2 amide bonds. The Morgan fingerprint density at radius 1 is 0.622 bits per heavy atom. The van der Waals surface area contributed by atoms with Crippen LogP contribution in [0.2, 0.25) is 0 Å². The number of unbranched alkanes of at least 4 members (excludes halogenated alkanes) is 23. The molecule has 0 aromatic heterocycles. The minimum atomic E-state index is -3.08. The number of carboxylic acid groups (broad SMARTS) is 1. The molecule has 3 saturated heterocycles. The van der Waals surface area contributed by atoms with E-state index >= 15 is 0 Å². The molecule has 0 aromatic carbocycles. The van der Waals surface area contributed by atoms with Crippen LogP contribution in [-0.2, 0) is 42.8 Å². The summed E-state index contributed by atoms with van der Waals surface area (Å²) < 4.78 is 34.7. The van der Waals surface area contributed by atoms with Gasteiger partial charge in [-0.05, 0) is 38.5 Å². The van der Waals surface area contributed by atoms with Crippen molar-refractivity contribution in [3.63, 3.8) is 0 Å². The van der Waals surface area contributed by atoms with Crippen LogP contribution in [0.3, 0.4) is 0 Å².